The molecule has 9 heteroatoms. The normalized spacial score (nSPS) is 11.3. The van der Waals surface area contributed by atoms with Gasteiger partial charge in [-0.1, -0.05) is 25.5 Å². The van der Waals surface area contributed by atoms with Gasteiger partial charge in [0, 0.05) is 30.7 Å². The van der Waals surface area contributed by atoms with Crippen molar-refractivity contribution in [1.82, 2.24) is 4.57 Å². The summed E-state index contributed by atoms with van der Waals surface area (Å²) in [5.41, 5.74) is 2.13. The Kier molecular flexibility index (Phi) is 11.4. The molecule has 0 spiro atoms. The lowest BCUT2D eigenvalue weighted by atomic mass is 10.1. The molecule has 0 aliphatic heterocycles. The summed E-state index contributed by atoms with van der Waals surface area (Å²) < 4.78 is 38.6. The molecule has 0 aliphatic rings. The molecule has 34 heavy (non-hydrogen) atoms. The number of para-hydroxylation sites is 1. The summed E-state index contributed by atoms with van der Waals surface area (Å²) in [6.45, 7) is 4.23. The van der Waals surface area contributed by atoms with Crippen molar-refractivity contribution in [1.29, 1.82) is 0 Å². The second kappa shape index (κ2) is 14.0. The Hall–Kier alpha value is -2.55. The average molecular weight is 511 g/mol. The maximum Gasteiger partial charge on any atom is 0.203 e. The number of nitrogens with zero attached hydrogens (tertiary/aromatic N) is 2. The summed E-state index contributed by atoms with van der Waals surface area (Å²) in [5, 5.41) is 2.01. The number of rotatable bonds is 12. The molecule has 0 amide bonds. The van der Waals surface area contributed by atoms with Crippen LogP contribution in [0.2, 0.25) is 0 Å². The molecule has 3 rings (SSSR count). The van der Waals surface area contributed by atoms with Gasteiger partial charge in [-0.2, -0.15) is 0 Å². The fraction of sp³-hybridized carbons (Fsp3) is 0.400. The third-order valence-electron chi connectivity index (χ3n) is 5.14. The highest BCUT2D eigenvalue weighted by atomic mass is 35.5. The number of ether oxygens (including phenoxy) is 4. The molecular formula is C25H32ClFN2O4S. The summed E-state index contributed by atoms with van der Waals surface area (Å²) in [6.07, 6.45) is 2.97. The summed E-state index contributed by atoms with van der Waals surface area (Å²) in [4.78, 5) is 5.32. The highest BCUT2D eigenvalue weighted by Crippen LogP contribution is 2.41. The topological polar surface area (TPSA) is 54.2 Å². The lowest BCUT2D eigenvalue weighted by Crippen LogP contribution is -2.17. The van der Waals surface area contributed by atoms with E-state index in [1.165, 1.54) is 17.4 Å². The minimum absolute atomic E-state index is 0. The number of halogens is 2. The van der Waals surface area contributed by atoms with Gasteiger partial charge in [0.25, 0.3) is 0 Å². The van der Waals surface area contributed by atoms with Gasteiger partial charge in [-0.15, -0.1) is 23.7 Å². The average Bonchev–Trinajstić information content (AvgIpc) is 3.23. The van der Waals surface area contributed by atoms with Crippen LogP contribution in [0.1, 0.15) is 26.2 Å². The van der Waals surface area contributed by atoms with Crippen LogP contribution in [-0.4, -0.2) is 39.1 Å². The van der Waals surface area contributed by atoms with Gasteiger partial charge in [-0.3, -0.25) is 0 Å². The predicted molar refractivity (Wildman–Crippen MR) is 137 cm³/mol. The van der Waals surface area contributed by atoms with Crippen molar-refractivity contribution in [3.8, 4) is 28.5 Å². The van der Waals surface area contributed by atoms with Gasteiger partial charge in [-0.05, 0) is 37.1 Å². The monoisotopic (exact) mass is 510 g/mol. The number of thiazole rings is 1. The molecule has 0 saturated carbocycles. The van der Waals surface area contributed by atoms with E-state index in [1.54, 1.807) is 39.5 Å². The SMILES string of the molecule is CCCCOCCCn1c(-c2cc(OC)c(OC)c(OC)c2)csc1=Nc1ccccc1F.Cl. The lowest BCUT2D eigenvalue weighted by molar-refractivity contribution is 0.126. The predicted octanol–water partition coefficient (Wildman–Crippen LogP) is 6.24. The zero-order chi connectivity index (χ0) is 23.6. The number of benzene rings is 2. The van der Waals surface area contributed by atoms with E-state index in [-0.39, 0.29) is 18.2 Å². The van der Waals surface area contributed by atoms with Gasteiger partial charge in [0.2, 0.25) is 5.75 Å². The number of methoxy groups -OCH3 is 3. The summed E-state index contributed by atoms with van der Waals surface area (Å²) in [7, 11) is 4.76. The first kappa shape index (κ1) is 27.7. The zero-order valence-corrected chi connectivity index (χ0v) is 21.6. The molecule has 3 aromatic rings. The third-order valence-corrected chi connectivity index (χ3v) is 6.00. The van der Waals surface area contributed by atoms with E-state index in [2.05, 4.69) is 16.5 Å². The fourth-order valence-electron chi connectivity index (χ4n) is 3.41. The number of aromatic nitrogens is 1. The molecule has 0 N–H and O–H groups in total. The van der Waals surface area contributed by atoms with Gasteiger partial charge in [-0.25, -0.2) is 9.38 Å². The van der Waals surface area contributed by atoms with Gasteiger partial charge < -0.3 is 23.5 Å². The van der Waals surface area contributed by atoms with E-state index in [0.29, 0.717) is 40.9 Å². The van der Waals surface area contributed by atoms with E-state index < -0.39 is 0 Å². The quantitative estimate of drug-likeness (QED) is 0.270. The fourth-order valence-corrected chi connectivity index (χ4v) is 4.36. The Morgan fingerprint density at radius 1 is 0.971 bits per heavy atom. The van der Waals surface area contributed by atoms with Crippen LogP contribution in [0.4, 0.5) is 10.1 Å². The number of hydrogen-bond acceptors (Lipinski definition) is 6. The highest BCUT2D eigenvalue weighted by Gasteiger charge is 2.17. The van der Waals surface area contributed by atoms with Gasteiger partial charge in [0.1, 0.15) is 11.5 Å². The molecule has 0 bridgehead atoms. The van der Waals surface area contributed by atoms with Crippen LogP contribution in [-0.2, 0) is 11.3 Å². The molecule has 0 aliphatic carbocycles. The van der Waals surface area contributed by atoms with Crippen LogP contribution in [0.5, 0.6) is 17.2 Å². The van der Waals surface area contributed by atoms with Crippen molar-refractivity contribution in [3.63, 3.8) is 0 Å². The van der Waals surface area contributed by atoms with Crippen LogP contribution < -0.4 is 19.0 Å². The first-order valence-corrected chi connectivity index (χ1v) is 11.9. The van der Waals surface area contributed by atoms with Crippen LogP contribution in [0.15, 0.2) is 46.8 Å². The highest BCUT2D eigenvalue weighted by molar-refractivity contribution is 7.07. The van der Waals surface area contributed by atoms with Crippen LogP contribution >= 0.6 is 23.7 Å². The molecule has 1 heterocycles. The number of unbranched alkanes of at least 4 members (excludes halogenated alkanes) is 1. The van der Waals surface area contributed by atoms with Crippen LogP contribution in [0, 0.1) is 5.82 Å². The minimum Gasteiger partial charge on any atom is -0.493 e. The summed E-state index contributed by atoms with van der Waals surface area (Å²) >= 11 is 1.46. The Labute approximate surface area is 210 Å². The molecule has 1 aromatic heterocycles. The Bertz CT molecular complexity index is 1090. The first-order valence-electron chi connectivity index (χ1n) is 11.0. The second-order valence-electron chi connectivity index (χ2n) is 7.35. The Morgan fingerprint density at radius 3 is 2.26 bits per heavy atom. The molecular weight excluding hydrogens is 479 g/mol. The maximum absolute atomic E-state index is 14.3. The molecule has 0 radical (unpaired) electrons. The Morgan fingerprint density at radius 2 is 1.65 bits per heavy atom. The van der Waals surface area contributed by atoms with E-state index in [0.717, 1.165) is 37.1 Å². The molecule has 0 fully saturated rings. The van der Waals surface area contributed by atoms with Crippen molar-refractivity contribution in [3.05, 3.63) is 52.4 Å². The van der Waals surface area contributed by atoms with Crippen molar-refractivity contribution in [2.45, 2.75) is 32.7 Å². The second-order valence-corrected chi connectivity index (χ2v) is 8.19. The van der Waals surface area contributed by atoms with Crippen molar-refractivity contribution in [2.75, 3.05) is 34.5 Å². The maximum atomic E-state index is 14.3. The third kappa shape index (κ3) is 6.74. The summed E-state index contributed by atoms with van der Waals surface area (Å²) in [5.74, 6) is 1.32. The molecule has 0 saturated heterocycles. The van der Waals surface area contributed by atoms with Gasteiger partial charge in [0.05, 0.1) is 27.0 Å². The smallest absolute Gasteiger partial charge is 0.203 e. The largest absolute Gasteiger partial charge is 0.493 e. The van der Waals surface area contributed by atoms with Crippen molar-refractivity contribution >= 4 is 29.4 Å². The zero-order valence-electron chi connectivity index (χ0n) is 20.0. The van der Waals surface area contributed by atoms with Gasteiger partial charge in [0.15, 0.2) is 16.3 Å². The van der Waals surface area contributed by atoms with Crippen molar-refractivity contribution in [2.24, 2.45) is 4.99 Å². The first-order chi connectivity index (χ1) is 16.1. The molecule has 0 atom stereocenters. The van der Waals surface area contributed by atoms with Crippen LogP contribution in [0.3, 0.4) is 0 Å². The van der Waals surface area contributed by atoms with E-state index in [1.807, 2.05) is 17.5 Å². The van der Waals surface area contributed by atoms with E-state index >= 15 is 0 Å². The lowest BCUT2D eigenvalue weighted by Gasteiger charge is -2.15. The van der Waals surface area contributed by atoms with Crippen molar-refractivity contribution < 1.29 is 23.3 Å². The molecule has 186 valence electrons. The summed E-state index contributed by atoms with van der Waals surface area (Å²) in [6, 6.07) is 10.3. The Balaban J connectivity index is 0.00000408. The standard InChI is InChI=1S/C25H31FN2O4S.ClH/c1-5-6-13-32-14-9-12-28-21(17-33-25(28)27-20-11-8-7-10-19(20)26)18-15-22(29-2)24(31-4)23(16-18)30-3;/h7-8,10-11,15-17H,5-6,9,12-14H2,1-4H3;1H. The molecule has 2 aromatic carbocycles. The molecule has 6 nitrogen and oxygen atoms in total. The van der Waals surface area contributed by atoms with Gasteiger partial charge >= 0.3 is 0 Å². The van der Waals surface area contributed by atoms with E-state index in [9.17, 15) is 4.39 Å². The van der Waals surface area contributed by atoms with E-state index in [4.69, 9.17) is 18.9 Å². The minimum atomic E-state index is -0.352. The van der Waals surface area contributed by atoms with Crippen LogP contribution in [0.25, 0.3) is 11.3 Å². The number of hydrogen-bond donors (Lipinski definition) is 0. The molecule has 0 unspecified atom stereocenters.